The van der Waals surface area contributed by atoms with Crippen LogP contribution in [0.15, 0.2) is 58.5 Å². The van der Waals surface area contributed by atoms with Crippen LogP contribution in [0.3, 0.4) is 0 Å². The molecular weight excluding hydrogens is 352 g/mol. The second kappa shape index (κ2) is 6.06. The largest absolute Gasteiger partial charge is 0.318 e. The number of nitrogens with zero attached hydrogens (tertiary/aromatic N) is 3. The fourth-order valence-electron chi connectivity index (χ4n) is 2.09. The normalized spacial score (nSPS) is 12.5. The zero-order valence-electron chi connectivity index (χ0n) is 12.4. The Morgan fingerprint density at radius 1 is 1.17 bits per heavy atom. The van der Waals surface area contributed by atoms with Crippen LogP contribution in [0.1, 0.15) is 0 Å². The number of nitro benzene ring substituents is 1. The Balaban J connectivity index is 1.94. The van der Waals surface area contributed by atoms with Crippen LogP contribution < -0.4 is 9.63 Å². The highest BCUT2D eigenvalue weighted by atomic mass is 32.2. The van der Waals surface area contributed by atoms with Crippen molar-refractivity contribution in [3.05, 3.63) is 63.4 Å². The van der Waals surface area contributed by atoms with E-state index in [-0.39, 0.29) is 10.6 Å². The zero-order chi connectivity index (χ0) is 17.3. The second-order valence-corrected chi connectivity index (χ2v) is 7.54. The third kappa shape index (κ3) is 3.01. The molecule has 0 bridgehead atoms. The third-order valence-electron chi connectivity index (χ3n) is 3.33. The molecule has 8 nitrogen and oxygen atoms in total. The van der Waals surface area contributed by atoms with Gasteiger partial charge in [0, 0.05) is 19.2 Å². The summed E-state index contributed by atoms with van der Waals surface area (Å²) < 4.78 is 27.2. The molecule has 0 unspecified atom stereocenters. The molecule has 0 fully saturated rings. The number of hydrogen-bond acceptors (Lipinski definition) is 6. The first-order valence-corrected chi connectivity index (χ1v) is 9.03. The first-order valence-electron chi connectivity index (χ1n) is 6.73. The molecule has 0 saturated carbocycles. The Morgan fingerprint density at radius 3 is 2.46 bits per heavy atom. The smallest absolute Gasteiger partial charge is 0.276 e. The molecule has 2 aromatic carbocycles. The summed E-state index contributed by atoms with van der Waals surface area (Å²) in [7, 11) is -2.11. The van der Waals surface area contributed by atoms with Gasteiger partial charge in [-0.15, -0.1) is 5.10 Å². The number of nitro groups is 1. The van der Waals surface area contributed by atoms with Gasteiger partial charge in [-0.3, -0.25) is 10.1 Å². The van der Waals surface area contributed by atoms with E-state index in [2.05, 4.69) is 9.93 Å². The van der Waals surface area contributed by atoms with Crippen LogP contribution in [0.5, 0.6) is 0 Å². The van der Waals surface area contributed by atoms with Crippen molar-refractivity contribution in [2.75, 3.05) is 0 Å². The monoisotopic (exact) mass is 364 g/mol. The summed E-state index contributed by atoms with van der Waals surface area (Å²) in [5.74, 6) is 0. The Kier molecular flexibility index (Phi) is 4.08. The predicted molar refractivity (Wildman–Crippen MR) is 89.8 cm³/mol. The summed E-state index contributed by atoms with van der Waals surface area (Å²) in [5.41, 5.74) is 0.762. The van der Waals surface area contributed by atoms with Crippen molar-refractivity contribution in [3.8, 4) is 0 Å². The number of aryl methyl sites for hydroxylation is 1. The summed E-state index contributed by atoms with van der Waals surface area (Å²) in [5, 5.41) is 14.6. The minimum Gasteiger partial charge on any atom is -0.318 e. The number of para-hydroxylation sites is 1. The van der Waals surface area contributed by atoms with E-state index < -0.39 is 14.9 Å². The number of non-ortho nitro benzene ring substituents is 1. The molecule has 1 N–H and O–H groups in total. The highest BCUT2D eigenvalue weighted by Crippen LogP contribution is 2.16. The lowest BCUT2D eigenvalue weighted by Crippen LogP contribution is -2.23. The van der Waals surface area contributed by atoms with E-state index in [9.17, 15) is 18.5 Å². The molecule has 0 aliphatic rings. The summed E-state index contributed by atoms with van der Waals surface area (Å²) in [6.07, 6.45) is 0. The lowest BCUT2D eigenvalue weighted by molar-refractivity contribution is -0.384. The van der Waals surface area contributed by atoms with Crippen molar-refractivity contribution in [1.29, 1.82) is 0 Å². The summed E-state index contributed by atoms with van der Waals surface area (Å²) in [4.78, 5) is 12.6. The highest BCUT2D eigenvalue weighted by molar-refractivity contribution is 7.89. The van der Waals surface area contributed by atoms with Crippen LogP contribution in [0.4, 0.5) is 5.69 Å². The predicted octanol–water partition coefficient (Wildman–Crippen LogP) is 1.94. The van der Waals surface area contributed by atoms with Gasteiger partial charge in [-0.25, -0.2) is 0 Å². The minimum absolute atomic E-state index is 0.0967. The number of rotatable bonds is 4. The summed E-state index contributed by atoms with van der Waals surface area (Å²) in [6, 6.07) is 12.2. The number of hydrogen-bond donors (Lipinski definition) is 1. The highest BCUT2D eigenvalue weighted by Gasteiger charge is 2.15. The lowest BCUT2D eigenvalue weighted by atomic mass is 10.3. The number of thiazole rings is 1. The molecule has 0 aliphatic heterocycles. The molecule has 0 atom stereocenters. The maximum Gasteiger partial charge on any atom is 0.276 e. The quantitative estimate of drug-likeness (QED) is 0.564. The Bertz CT molecular complexity index is 1080. The zero-order valence-corrected chi connectivity index (χ0v) is 14.0. The van der Waals surface area contributed by atoms with Gasteiger partial charge in [-0.1, -0.05) is 23.5 Å². The first kappa shape index (κ1) is 16.1. The summed E-state index contributed by atoms with van der Waals surface area (Å²) in [6.45, 7) is 0. The molecule has 24 heavy (non-hydrogen) atoms. The number of benzene rings is 2. The first-order chi connectivity index (χ1) is 11.4. The molecular formula is C14H12N4O4S2. The van der Waals surface area contributed by atoms with Gasteiger partial charge in [0.2, 0.25) is 4.80 Å². The number of nitrogens with one attached hydrogen (secondary N) is 1. The fraction of sp³-hybridized carbons (Fsp3) is 0.0714. The van der Waals surface area contributed by atoms with Crippen molar-refractivity contribution in [1.82, 2.24) is 9.40 Å². The average molecular weight is 364 g/mol. The van der Waals surface area contributed by atoms with Crippen molar-refractivity contribution < 1.29 is 13.3 Å². The van der Waals surface area contributed by atoms with Gasteiger partial charge >= 0.3 is 0 Å². The van der Waals surface area contributed by atoms with Gasteiger partial charge in [-0.2, -0.15) is 13.2 Å². The van der Waals surface area contributed by atoms with Crippen LogP contribution >= 0.6 is 11.3 Å². The number of fused-ring (bicyclic) bond motifs is 1. The Labute approximate surface area is 140 Å². The maximum absolute atomic E-state index is 12.2. The molecule has 0 saturated heterocycles. The van der Waals surface area contributed by atoms with Gasteiger partial charge in [0.25, 0.3) is 15.7 Å². The lowest BCUT2D eigenvalue weighted by Gasteiger charge is -2.02. The molecule has 3 rings (SSSR count). The molecule has 0 spiro atoms. The Hall–Kier alpha value is -2.72. The van der Waals surface area contributed by atoms with E-state index >= 15 is 0 Å². The van der Waals surface area contributed by atoms with E-state index in [0.717, 1.165) is 22.3 Å². The average Bonchev–Trinajstić information content (AvgIpc) is 2.90. The van der Waals surface area contributed by atoms with Crippen LogP contribution in [0.25, 0.3) is 10.2 Å². The van der Waals surface area contributed by atoms with E-state index in [4.69, 9.17) is 0 Å². The fourth-order valence-corrected chi connectivity index (χ4v) is 3.93. The van der Waals surface area contributed by atoms with Crippen molar-refractivity contribution in [2.24, 2.45) is 12.1 Å². The van der Waals surface area contributed by atoms with Gasteiger partial charge in [-0.05, 0) is 24.3 Å². The second-order valence-electron chi connectivity index (χ2n) is 4.87. The molecule has 124 valence electrons. The molecule has 0 amide bonds. The van der Waals surface area contributed by atoms with Crippen LogP contribution in [-0.4, -0.2) is 17.9 Å². The molecule has 1 heterocycles. The maximum atomic E-state index is 12.2. The van der Waals surface area contributed by atoms with Crippen LogP contribution in [0, 0.1) is 10.1 Å². The molecule has 3 aromatic rings. The SMILES string of the molecule is Cn1c(=NNS(=O)(=O)c2ccc([N+](=O)[O-])cc2)sc2ccccc21. The van der Waals surface area contributed by atoms with Crippen LogP contribution in [-0.2, 0) is 17.1 Å². The van der Waals surface area contributed by atoms with Crippen LogP contribution in [0.2, 0.25) is 0 Å². The summed E-state index contributed by atoms with van der Waals surface area (Å²) >= 11 is 1.35. The van der Waals surface area contributed by atoms with Crippen molar-refractivity contribution in [3.63, 3.8) is 0 Å². The number of aromatic nitrogens is 1. The van der Waals surface area contributed by atoms with Gasteiger partial charge < -0.3 is 4.57 Å². The van der Waals surface area contributed by atoms with Crippen molar-refractivity contribution >= 4 is 37.3 Å². The van der Waals surface area contributed by atoms with E-state index in [1.165, 1.54) is 23.5 Å². The van der Waals surface area contributed by atoms with E-state index in [1.54, 1.807) is 11.6 Å². The molecule has 0 radical (unpaired) electrons. The van der Waals surface area contributed by atoms with Gasteiger partial charge in [0.05, 0.1) is 20.0 Å². The Morgan fingerprint density at radius 2 is 1.83 bits per heavy atom. The van der Waals surface area contributed by atoms with Gasteiger partial charge in [0.1, 0.15) is 0 Å². The topological polar surface area (TPSA) is 107 Å². The van der Waals surface area contributed by atoms with Gasteiger partial charge in [0.15, 0.2) is 0 Å². The minimum atomic E-state index is -3.90. The van der Waals surface area contributed by atoms with E-state index in [1.807, 2.05) is 24.3 Å². The molecule has 0 aliphatic carbocycles. The number of sulfonamides is 1. The van der Waals surface area contributed by atoms with E-state index in [0.29, 0.717) is 4.80 Å². The molecule has 10 heteroatoms. The molecule has 1 aromatic heterocycles. The third-order valence-corrected chi connectivity index (χ3v) is 5.67. The van der Waals surface area contributed by atoms with Crippen molar-refractivity contribution in [2.45, 2.75) is 4.90 Å². The standard InChI is InChI=1S/C14H12N4O4S2/c1-17-12-4-2-3-5-13(12)23-14(17)15-16-24(21,22)11-8-6-10(7-9-11)18(19)20/h2-9,16H,1H3.